The second-order valence-electron chi connectivity index (χ2n) is 4.45. The number of methoxy groups -OCH3 is 1. The van der Waals surface area contributed by atoms with Gasteiger partial charge in [-0.25, -0.2) is 4.79 Å². The minimum absolute atomic E-state index is 0.0427. The van der Waals surface area contributed by atoms with E-state index in [1.165, 1.54) is 19.2 Å². The SMILES string of the molecule is COc1cc2ccc(=O)oc2c(O)c1OC/C=C(/C)CO. The summed E-state index contributed by atoms with van der Waals surface area (Å²) < 4.78 is 15.6. The third kappa shape index (κ3) is 3.17. The normalized spacial score (nSPS) is 11.7. The van der Waals surface area contributed by atoms with Crippen molar-refractivity contribution in [3.63, 3.8) is 0 Å². The molecule has 0 saturated carbocycles. The summed E-state index contributed by atoms with van der Waals surface area (Å²) in [5, 5.41) is 19.6. The van der Waals surface area contributed by atoms with Crippen molar-refractivity contribution in [2.45, 2.75) is 6.92 Å². The fourth-order valence-electron chi connectivity index (χ4n) is 1.78. The van der Waals surface area contributed by atoms with Crippen LogP contribution >= 0.6 is 0 Å². The number of ether oxygens (including phenoxy) is 2. The van der Waals surface area contributed by atoms with Crippen LogP contribution in [-0.2, 0) is 0 Å². The van der Waals surface area contributed by atoms with Crippen LogP contribution in [0.1, 0.15) is 6.92 Å². The highest BCUT2D eigenvalue weighted by Crippen LogP contribution is 2.42. The van der Waals surface area contributed by atoms with Gasteiger partial charge in [-0.3, -0.25) is 0 Å². The quantitative estimate of drug-likeness (QED) is 0.645. The molecule has 0 fully saturated rings. The number of benzene rings is 1. The average molecular weight is 292 g/mol. The second kappa shape index (κ2) is 6.32. The Morgan fingerprint density at radius 3 is 2.86 bits per heavy atom. The van der Waals surface area contributed by atoms with E-state index in [0.717, 1.165) is 5.57 Å². The van der Waals surface area contributed by atoms with E-state index < -0.39 is 5.63 Å². The molecule has 0 saturated heterocycles. The average Bonchev–Trinajstić information content (AvgIpc) is 2.49. The van der Waals surface area contributed by atoms with Crippen molar-refractivity contribution in [1.29, 1.82) is 0 Å². The maximum atomic E-state index is 11.3. The molecule has 2 N–H and O–H groups in total. The third-order valence-corrected chi connectivity index (χ3v) is 2.93. The van der Waals surface area contributed by atoms with Crippen LogP contribution in [-0.4, -0.2) is 30.5 Å². The van der Waals surface area contributed by atoms with E-state index in [4.69, 9.17) is 19.0 Å². The number of aromatic hydroxyl groups is 1. The molecule has 0 unspecified atom stereocenters. The lowest BCUT2D eigenvalue weighted by Crippen LogP contribution is -2.01. The molecule has 0 aliphatic heterocycles. The summed E-state index contributed by atoms with van der Waals surface area (Å²) in [6, 6.07) is 4.40. The topological polar surface area (TPSA) is 89.1 Å². The first-order valence-electron chi connectivity index (χ1n) is 6.30. The minimum atomic E-state index is -0.565. The van der Waals surface area contributed by atoms with Gasteiger partial charge >= 0.3 is 5.63 Å². The van der Waals surface area contributed by atoms with Gasteiger partial charge in [0.2, 0.25) is 11.5 Å². The molecule has 0 atom stereocenters. The standard InChI is InChI=1S/C15H16O6/c1-9(8-16)5-6-20-15-11(19-2)7-10-3-4-12(17)21-14(10)13(15)18/h3-5,7,16,18H,6,8H2,1-2H3/b9-5-. The zero-order chi connectivity index (χ0) is 15.4. The van der Waals surface area contributed by atoms with E-state index in [1.807, 2.05) is 0 Å². The highest BCUT2D eigenvalue weighted by atomic mass is 16.5. The number of aliphatic hydroxyl groups is 1. The van der Waals surface area contributed by atoms with Crippen LogP contribution < -0.4 is 15.1 Å². The summed E-state index contributed by atoms with van der Waals surface area (Å²) in [4.78, 5) is 11.3. The van der Waals surface area contributed by atoms with Crippen LogP contribution in [0.3, 0.4) is 0 Å². The fourth-order valence-corrected chi connectivity index (χ4v) is 1.78. The van der Waals surface area contributed by atoms with E-state index in [-0.39, 0.29) is 30.3 Å². The van der Waals surface area contributed by atoms with Gasteiger partial charge in [0.15, 0.2) is 11.3 Å². The Bertz CT molecular complexity index is 729. The molecule has 0 radical (unpaired) electrons. The van der Waals surface area contributed by atoms with Crippen molar-refractivity contribution in [1.82, 2.24) is 0 Å². The predicted molar refractivity (Wildman–Crippen MR) is 77.0 cm³/mol. The first-order chi connectivity index (χ1) is 10.1. The van der Waals surface area contributed by atoms with E-state index in [2.05, 4.69) is 0 Å². The van der Waals surface area contributed by atoms with Gasteiger partial charge in [0.25, 0.3) is 0 Å². The Hall–Kier alpha value is -2.47. The Kier molecular flexibility index (Phi) is 4.49. The van der Waals surface area contributed by atoms with Gasteiger partial charge in [-0.15, -0.1) is 0 Å². The zero-order valence-corrected chi connectivity index (χ0v) is 11.8. The van der Waals surface area contributed by atoms with Crippen molar-refractivity contribution >= 4 is 11.0 Å². The lowest BCUT2D eigenvalue weighted by atomic mass is 10.2. The van der Waals surface area contributed by atoms with Crippen LogP contribution in [0.25, 0.3) is 11.0 Å². The molecular weight excluding hydrogens is 276 g/mol. The van der Waals surface area contributed by atoms with Gasteiger partial charge in [-0.05, 0) is 30.7 Å². The van der Waals surface area contributed by atoms with Crippen LogP contribution in [0.5, 0.6) is 17.2 Å². The fraction of sp³-hybridized carbons (Fsp3) is 0.267. The first-order valence-corrected chi connectivity index (χ1v) is 6.30. The van der Waals surface area contributed by atoms with Gasteiger partial charge in [0.05, 0.1) is 13.7 Å². The summed E-state index contributed by atoms with van der Waals surface area (Å²) in [7, 11) is 1.45. The Morgan fingerprint density at radius 2 is 2.19 bits per heavy atom. The van der Waals surface area contributed by atoms with Crippen molar-refractivity contribution < 1.29 is 24.1 Å². The molecule has 21 heavy (non-hydrogen) atoms. The summed E-state index contributed by atoms with van der Waals surface area (Å²) >= 11 is 0. The van der Waals surface area contributed by atoms with Crippen LogP contribution in [0.4, 0.5) is 0 Å². The molecule has 0 spiro atoms. The predicted octanol–water partition coefficient (Wildman–Crippen LogP) is 1.82. The molecule has 6 heteroatoms. The number of aliphatic hydroxyl groups excluding tert-OH is 1. The highest BCUT2D eigenvalue weighted by Gasteiger charge is 2.17. The molecule has 112 valence electrons. The first kappa shape index (κ1) is 14.9. The molecule has 2 aromatic rings. The lowest BCUT2D eigenvalue weighted by Gasteiger charge is -2.12. The number of phenols is 1. The van der Waals surface area contributed by atoms with Gasteiger partial charge in [-0.1, -0.05) is 0 Å². The van der Waals surface area contributed by atoms with E-state index in [1.54, 1.807) is 19.1 Å². The lowest BCUT2D eigenvalue weighted by molar-refractivity contribution is 0.301. The Balaban J connectivity index is 2.45. The van der Waals surface area contributed by atoms with E-state index in [0.29, 0.717) is 11.1 Å². The molecule has 0 aliphatic carbocycles. The van der Waals surface area contributed by atoms with Crippen LogP contribution in [0, 0.1) is 0 Å². The summed E-state index contributed by atoms with van der Waals surface area (Å²) in [6.45, 7) is 1.82. The maximum absolute atomic E-state index is 11.3. The molecule has 1 heterocycles. The molecule has 1 aromatic heterocycles. The molecule has 0 bridgehead atoms. The minimum Gasteiger partial charge on any atom is -0.502 e. The van der Waals surface area contributed by atoms with Crippen LogP contribution in [0.15, 0.2) is 39.1 Å². The smallest absolute Gasteiger partial charge is 0.336 e. The maximum Gasteiger partial charge on any atom is 0.336 e. The highest BCUT2D eigenvalue weighted by molar-refractivity contribution is 5.87. The van der Waals surface area contributed by atoms with E-state index in [9.17, 15) is 9.90 Å². The number of phenolic OH excluding ortho intramolecular Hbond substituents is 1. The van der Waals surface area contributed by atoms with Crippen molar-refractivity contribution in [3.05, 3.63) is 40.3 Å². The summed E-state index contributed by atoms with van der Waals surface area (Å²) in [6.07, 6.45) is 1.67. The number of rotatable bonds is 5. The van der Waals surface area contributed by atoms with Crippen molar-refractivity contribution in [3.8, 4) is 17.2 Å². The van der Waals surface area contributed by atoms with Gasteiger partial charge in [0.1, 0.15) is 6.61 Å². The molecule has 1 aromatic carbocycles. The van der Waals surface area contributed by atoms with Gasteiger partial charge < -0.3 is 24.1 Å². The number of hydrogen-bond donors (Lipinski definition) is 2. The largest absolute Gasteiger partial charge is 0.502 e. The van der Waals surface area contributed by atoms with Crippen LogP contribution in [0.2, 0.25) is 0 Å². The zero-order valence-electron chi connectivity index (χ0n) is 11.8. The Morgan fingerprint density at radius 1 is 1.43 bits per heavy atom. The van der Waals surface area contributed by atoms with Crippen molar-refractivity contribution in [2.75, 3.05) is 20.3 Å². The molecule has 0 amide bonds. The molecular formula is C15H16O6. The van der Waals surface area contributed by atoms with E-state index >= 15 is 0 Å². The van der Waals surface area contributed by atoms with Gasteiger partial charge in [0, 0.05) is 11.5 Å². The summed E-state index contributed by atoms with van der Waals surface area (Å²) in [5.74, 6) is 0.113. The second-order valence-corrected chi connectivity index (χ2v) is 4.45. The van der Waals surface area contributed by atoms with Crippen molar-refractivity contribution in [2.24, 2.45) is 0 Å². The molecule has 0 aliphatic rings. The monoisotopic (exact) mass is 292 g/mol. The molecule has 2 rings (SSSR count). The molecule has 6 nitrogen and oxygen atoms in total. The number of hydrogen-bond acceptors (Lipinski definition) is 6. The van der Waals surface area contributed by atoms with Gasteiger partial charge in [-0.2, -0.15) is 0 Å². The third-order valence-electron chi connectivity index (χ3n) is 2.93. The summed E-state index contributed by atoms with van der Waals surface area (Å²) in [5.41, 5.74) is 0.215. The Labute approximate surface area is 120 Å². The number of fused-ring (bicyclic) bond motifs is 1.